The van der Waals surface area contributed by atoms with Gasteiger partial charge in [0.1, 0.15) is 5.75 Å². The minimum absolute atomic E-state index is 0.490. The van der Waals surface area contributed by atoms with Gasteiger partial charge in [-0.3, -0.25) is 0 Å². The van der Waals surface area contributed by atoms with Gasteiger partial charge in [-0.1, -0.05) is 18.2 Å². The van der Waals surface area contributed by atoms with Crippen LogP contribution < -0.4 is 10.1 Å². The van der Waals surface area contributed by atoms with Crippen LogP contribution in [0, 0.1) is 0 Å². The lowest BCUT2D eigenvalue weighted by Crippen LogP contribution is -2.25. The maximum atomic E-state index is 9.95. The smallest absolute Gasteiger partial charge is 0.124 e. The summed E-state index contributed by atoms with van der Waals surface area (Å²) in [5, 5.41) is 13.1. The van der Waals surface area contributed by atoms with Crippen LogP contribution in [0.3, 0.4) is 0 Å². The Bertz CT molecular complexity index is 304. The van der Waals surface area contributed by atoms with Crippen molar-refractivity contribution in [2.24, 2.45) is 0 Å². The fourth-order valence-electron chi connectivity index (χ4n) is 1.46. The number of benzene rings is 1. The molecule has 1 aromatic rings. The van der Waals surface area contributed by atoms with Crippen LogP contribution in [0.5, 0.6) is 5.75 Å². The molecule has 0 aromatic heterocycles. The highest BCUT2D eigenvalue weighted by Crippen LogP contribution is 2.23. The summed E-state index contributed by atoms with van der Waals surface area (Å²) in [6.45, 7) is 1.85. The molecule has 1 atom stereocenters. The predicted molar refractivity (Wildman–Crippen MR) is 62.7 cm³/mol. The molecule has 0 aliphatic carbocycles. The fraction of sp³-hybridized carbons (Fsp3) is 0.500. The summed E-state index contributed by atoms with van der Waals surface area (Å²) in [5.41, 5.74) is 0.801. The van der Waals surface area contributed by atoms with Crippen molar-refractivity contribution in [3.05, 3.63) is 29.8 Å². The number of rotatable bonds is 7. The van der Waals surface area contributed by atoms with Gasteiger partial charge in [-0.25, -0.2) is 0 Å². The van der Waals surface area contributed by atoms with Crippen molar-refractivity contribution in [1.82, 2.24) is 5.32 Å². The van der Waals surface area contributed by atoms with Crippen molar-refractivity contribution in [3.8, 4) is 5.75 Å². The van der Waals surface area contributed by atoms with E-state index in [1.165, 1.54) is 0 Å². The maximum Gasteiger partial charge on any atom is 0.124 e. The van der Waals surface area contributed by atoms with Gasteiger partial charge in [0.25, 0.3) is 0 Å². The molecule has 16 heavy (non-hydrogen) atoms. The molecule has 0 amide bonds. The van der Waals surface area contributed by atoms with Gasteiger partial charge in [0.15, 0.2) is 0 Å². The molecule has 0 radical (unpaired) electrons. The van der Waals surface area contributed by atoms with E-state index >= 15 is 0 Å². The molecule has 0 saturated heterocycles. The summed E-state index contributed by atoms with van der Waals surface area (Å²) < 4.78 is 10.1. The number of ether oxygens (including phenoxy) is 2. The average Bonchev–Trinajstić information content (AvgIpc) is 2.34. The van der Waals surface area contributed by atoms with Gasteiger partial charge in [0.2, 0.25) is 0 Å². The summed E-state index contributed by atoms with van der Waals surface area (Å²) in [4.78, 5) is 0. The van der Waals surface area contributed by atoms with Crippen molar-refractivity contribution in [1.29, 1.82) is 0 Å². The number of para-hydroxylation sites is 1. The molecule has 0 fully saturated rings. The molecule has 1 unspecified atom stereocenters. The minimum atomic E-state index is -0.562. The molecular weight excluding hydrogens is 206 g/mol. The topological polar surface area (TPSA) is 50.7 Å². The van der Waals surface area contributed by atoms with E-state index in [4.69, 9.17) is 9.47 Å². The summed E-state index contributed by atoms with van der Waals surface area (Å²) in [5.74, 6) is 0.712. The quantitative estimate of drug-likeness (QED) is 0.679. The van der Waals surface area contributed by atoms with Crippen LogP contribution in [0.1, 0.15) is 11.7 Å². The Morgan fingerprint density at radius 1 is 1.31 bits per heavy atom. The second kappa shape index (κ2) is 7.22. The molecule has 0 saturated carbocycles. The number of hydrogen-bond acceptors (Lipinski definition) is 4. The normalized spacial score (nSPS) is 12.4. The predicted octanol–water partition coefficient (Wildman–Crippen LogP) is 0.965. The Balaban J connectivity index is 2.48. The zero-order valence-corrected chi connectivity index (χ0v) is 9.77. The van der Waals surface area contributed by atoms with Gasteiger partial charge in [0, 0.05) is 25.8 Å². The van der Waals surface area contributed by atoms with Crippen molar-refractivity contribution >= 4 is 0 Å². The Labute approximate surface area is 96.2 Å². The molecule has 0 bridgehead atoms. The van der Waals surface area contributed by atoms with Crippen LogP contribution in [-0.4, -0.2) is 39.0 Å². The zero-order chi connectivity index (χ0) is 11.8. The Morgan fingerprint density at radius 3 is 2.75 bits per heavy atom. The van der Waals surface area contributed by atoms with E-state index in [1.54, 1.807) is 14.2 Å². The van der Waals surface area contributed by atoms with Crippen LogP contribution in [0.25, 0.3) is 0 Å². The van der Waals surface area contributed by atoms with Crippen LogP contribution >= 0.6 is 0 Å². The lowest BCUT2D eigenvalue weighted by atomic mass is 10.1. The van der Waals surface area contributed by atoms with Crippen LogP contribution in [-0.2, 0) is 4.74 Å². The number of nitrogens with one attached hydrogen (secondary N) is 1. The first-order valence-electron chi connectivity index (χ1n) is 5.30. The molecule has 1 rings (SSSR count). The van der Waals surface area contributed by atoms with Gasteiger partial charge < -0.3 is 19.9 Å². The first-order valence-corrected chi connectivity index (χ1v) is 5.30. The number of aliphatic hydroxyl groups is 1. The zero-order valence-electron chi connectivity index (χ0n) is 9.77. The summed E-state index contributed by atoms with van der Waals surface area (Å²) in [6.07, 6.45) is -0.562. The summed E-state index contributed by atoms with van der Waals surface area (Å²) in [7, 11) is 3.25. The molecule has 0 aliphatic heterocycles. The molecule has 4 nitrogen and oxygen atoms in total. The standard InChI is InChI=1S/C12H19NO3/c1-15-8-7-13-9-11(14)10-5-3-4-6-12(10)16-2/h3-6,11,13-14H,7-9H2,1-2H3. The average molecular weight is 225 g/mol. The van der Waals surface area contributed by atoms with E-state index in [0.29, 0.717) is 18.9 Å². The minimum Gasteiger partial charge on any atom is -0.496 e. The van der Waals surface area contributed by atoms with E-state index in [9.17, 15) is 5.11 Å². The van der Waals surface area contributed by atoms with Gasteiger partial charge in [-0.05, 0) is 6.07 Å². The SMILES string of the molecule is COCCNCC(O)c1ccccc1OC. The molecule has 4 heteroatoms. The summed E-state index contributed by atoms with van der Waals surface area (Å²) >= 11 is 0. The highest BCUT2D eigenvalue weighted by molar-refractivity contribution is 5.35. The first-order chi connectivity index (χ1) is 7.79. The largest absolute Gasteiger partial charge is 0.496 e. The highest BCUT2D eigenvalue weighted by Gasteiger charge is 2.11. The van der Waals surface area contributed by atoms with Crippen molar-refractivity contribution in [2.45, 2.75) is 6.10 Å². The van der Waals surface area contributed by atoms with Crippen LogP contribution in [0.15, 0.2) is 24.3 Å². The number of methoxy groups -OCH3 is 2. The molecule has 0 spiro atoms. The Hall–Kier alpha value is -1.10. The lowest BCUT2D eigenvalue weighted by molar-refractivity contribution is 0.159. The van der Waals surface area contributed by atoms with Crippen molar-refractivity contribution in [3.63, 3.8) is 0 Å². The molecular formula is C12H19NO3. The molecule has 2 N–H and O–H groups in total. The third-order valence-electron chi connectivity index (χ3n) is 2.32. The lowest BCUT2D eigenvalue weighted by Gasteiger charge is -2.15. The highest BCUT2D eigenvalue weighted by atomic mass is 16.5. The maximum absolute atomic E-state index is 9.95. The second-order valence-corrected chi connectivity index (χ2v) is 3.45. The monoisotopic (exact) mass is 225 g/mol. The van der Waals surface area contributed by atoms with Gasteiger partial charge in [-0.15, -0.1) is 0 Å². The van der Waals surface area contributed by atoms with E-state index in [0.717, 1.165) is 12.1 Å². The number of aliphatic hydroxyl groups excluding tert-OH is 1. The van der Waals surface area contributed by atoms with E-state index in [2.05, 4.69) is 5.32 Å². The third kappa shape index (κ3) is 3.81. The fourth-order valence-corrected chi connectivity index (χ4v) is 1.46. The molecule has 0 heterocycles. The van der Waals surface area contributed by atoms with E-state index in [-0.39, 0.29) is 0 Å². The van der Waals surface area contributed by atoms with Gasteiger partial charge >= 0.3 is 0 Å². The van der Waals surface area contributed by atoms with E-state index in [1.807, 2.05) is 24.3 Å². The molecule has 0 aliphatic rings. The van der Waals surface area contributed by atoms with Gasteiger partial charge in [-0.2, -0.15) is 0 Å². The Morgan fingerprint density at radius 2 is 2.06 bits per heavy atom. The van der Waals surface area contributed by atoms with Crippen LogP contribution in [0.2, 0.25) is 0 Å². The van der Waals surface area contributed by atoms with Crippen molar-refractivity contribution in [2.75, 3.05) is 33.9 Å². The third-order valence-corrected chi connectivity index (χ3v) is 2.32. The second-order valence-electron chi connectivity index (χ2n) is 3.45. The Kier molecular flexibility index (Phi) is 5.85. The molecule has 90 valence electrons. The molecule has 1 aromatic carbocycles. The first kappa shape index (κ1) is 13.0. The van der Waals surface area contributed by atoms with Crippen molar-refractivity contribution < 1.29 is 14.6 Å². The van der Waals surface area contributed by atoms with Crippen LogP contribution in [0.4, 0.5) is 0 Å². The summed E-state index contributed by atoms with van der Waals surface area (Å²) in [6, 6.07) is 7.47. The van der Waals surface area contributed by atoms with E-state index < -0.39 is 6.10 Å². The van der Waals surface area contributed by atoms with Gasteiger partial charge in [0.05, 0.1) is 19.8 Å². The number of hydrogen-bond donors (Lipinski definition) is 2.